The molecule has 2 heterocycles. The van der Waals surface area contributed by atoms with Crippen molar-refractivity contribution in [1.82, 2.24) is 5.32 Å². The van der Waals surface area contributed by atoms with E-state index in [-0.39, 0.29) is 11.8 Å². The molecule has 0 aromatic heterocycles. The molecule has 0 saturated heterocycles. The summed E-state index contributed by atoms with van der Waals surface area (Å²) in [6, 6.07) is 11.5. The van der Waals surface area contributed by atoms with Gasteiger partial charge in [0.2, 0.25) is 5.91 Å². The van der Waals surface area contributed by atoms with Crippen molar-refractivity contribution in [2.75, 3.05) is 10.6 Å². The van der Waals surface area contributed by atoms with Crippen LogP contribution in [0.25, 0.3) is 0 Å². The Morgan fingerprint density at radius 2 is 1.83 bits per heavy atom. The molecule has 2 aliphatic heterocycles. The number of fused-ring (bicyclic) bond motifs is 2. The maximum Gasteiger partial charge on any atom is 0.255 e. The van der Waals surface area contributed by atoms with E-state index in [1.165, 1.54) is 11.1 Å². The number of amides is 2. The van der Waals surface area contributed by atoms with Crippen molar-refractivity contribution in [1.29, 1.82) is 0 Å². The fraction of sp³-hybridized carbons (Fsp3) is 0.263. The number of aryl methyl sites for hydroxylation is 1. The second kappa shape index (κ2) is 6.09. The molecule has 0 atom stereocenters. The lowest BCUT2D eigenvalue weighted by atomic mass is 10.0. The van der Waals surface area contributed by atoms with E-state index in [9.17, 15) is 9.59 Å². The molecule has 122 valence electrons. The SMILES string of the molecule is O=C1CCCc2cc(C(=O)Nc3ccc4c(c3)CNC4)ccc2N1. The van der Waals surface area contributed by atoms with Crippen molar-refractivity contribution in [2.45, 2.75) is 32.4 Å². The van der Waals surface area contributed by atoms with Crippen LogP contribution in [-0.4, -0.2) is 11.8 Å². The molecule has 0 bridgehead atoms. The summed E-state index contributed by atoms with van der Waals surface area (Å²) < 4.78 is 0. The van der Waals surface area contributed by atoms with Gasteiger partial charge in [0.25, 0.3) is 5.91 Å². The monoisotopic (exact) mass is 321 g/mol. The van der Waals surface area contributed by atoms with E-state index in [1.807, 2.05) is 24.3 Å². The lowest BCUT2D eigenvalue weighted by Gasteiger charge is -2.10. The second-order valence-corrected chi connectivity index (χ2v) is 6.31. The Balaban J connectivity index is 1.54. The lowest BCUT2D eigenvalue weighted by molar-refractivity contribution is -0.116. The first kappa shape index (κ1) is 14.9. The van der Waals surface area contributed by atoms with Crippen LogP contribution in [-0.2, 0) is 24.3 Å². The van der Waals surface area contributed by atoms with Gasteiger partial charge in [0.15, 0.2) is 0 Å². The zero-order valence-corrected chi connectivity index (χ0v) is 13.3. The average molecular weight is 321 g/mol. The minimum atomic E-state index is -0.126. The standard InChI is InChI=1S/C19H19N3O2/c23-18-3-1-2-12-8-13(5-7-17(12)22-18)19(24)21-16-6-4-14-10-20-11-15(14)9-16/h4-9,20H,1-3,10-11H2,(H,21,24)(H,22,23). The van der Waals surface area contributed by atoms with Crippen LogP contribution in [0, 0.1) is 0 Å². The number of nitrogens with one attached hydrogen (secondary N) is 3. The van der Waals surface area contributed by atoms with E-state index in [0.717, 1.165) is 42.9 Å². The molecule has 2 aromatic carbocycles. The third-order valence-corrected chi connectivity index (χ3v) is 4.59. The summed E-state index contributed by atoms with van der Waals surface area (Å²) in [7, 11) is 0. The van der Waals surface area contributed by atoms with Crippen molar-refractivity contribution in [3.8, 4) is 0 Å². The molecule has 0 unspecified atom stereocenters. The number of carbonyl (C=O) groups is 2. The summed E-state index contributed by atoms with van der Waals surface area (Å²) in [5, 5.41) is 9.15. The normalized spacial score (nSPS) is 15.9. The summed E-state index contributed by atoms with van der Waals surface area (Å²) in [6.45, 7) is 1.73. The van der Waals surface area contributed by atoms with Crippen LogP contribution in [0.2, 0.25) is 0 Å². The number of hydrogen-bond donors (Lipinski definition) is 3. The predicted molar refractivity (Wildman–Crippen MR) is 92.9 cm³/mol. The Labute approximate surface area is 140 Å². The van der Waals surface area contributed by atoms with Gasteiger partial charge in [0, 0.05) is 36.4 Å². The van der Waals surface area contributed by atoms with Crippen LogP contribution in [0.15, 0.2) is 36.4 Å². The molecule has 5 nitrogen and oxygen atoms in total. The van der Waals surface area contributed by atoms with Gasteiger partial charge < -0.3 is 16.0 Å². The molecule has 0 saturated carbocycles. The molecular weight excluding hydrogens is 302 g/mol. The van der Waals surface area contributed by atoms with Gasteiger partial charge in [-0.1, -0.05) is 6.07 Å². The highest BCUT2D eigenvalue weighted by atomic mass is 16.2. The first-order valence-corrected chi connectivity index (χ1v) is 8.26. The van der Waals surface area contributed by atoms with Crippen LogP contribution in [0.4, 0.5) is 11.4 Å². The Morgan fingerprint density at radius 1 is 0.958 bits per heavy atom. The van der Waals surface area contributed by atoms with Crippen LogP contribution in [0.5, 0.6) is 0 Å². The molecular formula is C19H19N3O2. The smallest absolute Gasteiger partial charge is 0.255 e. The van der Waals surface area contributed by atoms with Gasteiger partial charge >= 0.3 is 0 Å². The molecule has 24 heavy (non-hydrogen) atoms. The molecule has 0 spiro atoms. The van der Waals surface area contributed by atoms with E-state index in [2.05, 4.69) is 22.0 Å². The van der Waals surface area contributed by atoms with Gasteiger partial charge in [0.05, 0.1) is 0 Å². The van der Waals surface area contributed by atoms with Crippen molar-refractivity contribution in [3.05, 3.63) is 58.7 Å². The molecule has 2 aromatic rings. The molecule has 2 aliphatic rings. The van der Waals surface area contributed by atoms with Gasteiger partial charge in [-0.25, -0.2) is 0 Å². The number of carbonyl (C=O) groups excluding carboxylic acids is 2. The molecule has 0 aliphatic carbocycles. The number of anilines is 2. The Kier molecular flexibility index (Phi) is 3.78. The molecule has 3 N–H and O–H groups in total. The zero-order chi connectivity index (χ0) is 16.5. The molecule has 4 rings (SSSR count). The summed E-state index contributed by atoms with van der Waals surface area (Å²) in [4.78, 5) is 24.1. The van der Waals surface area contributed by atoms with Crippen molar-refractivity contribution >= 4 is 23.2 Å². The summed E-state index contributed by atoms with van der Waals surface area (Å²) >= 11 is 0. The van der Waals surface area contributed by atoms with Gasteiger partial charge in [0.1, 0.15) is 0 Å². The van der Waals surface area contributed by atoms with E-state index >= 15 is 0 Å². The molecule has 0 fully saturated rings. The second-order valence-electron chi connectivity index (χ2n) is 6.31. The average Bonchev–Trinajstić information content (AvgIpc) is 2.95. The summed E-state index contributed by atoms with van der Waals surface area (Å²) in [6.07, 6.45) is 2.14. The summed E-state index contributed by atoms with van der Waals surface area (Å²) in [5.41, 5.74) is 5.78. The highest BCUT2D eigenvalue weighted by molar-refractivity contribution is 6.05. The maximum atomic E-state index is 12.5. The first-order chi connectivity index (χ1) is 11.7. The zero-order valence-electron chi connectivity index (χ0n) is 13.3. The Morgan fingerprint density at radius 3 is 2.75 bits per heavy atom. The molecule has 5 heteroatoms. The molecule has 0 radical (unpaired) electrons. The van der Waals surface area contributed by atoms with Crippen molar-refractivity contribution in [2.24, 2.45) is 0 Å². The van der Waals surface area contributed by atoms with Crippen LogP contribution < -0.4 is 16.0 Å². The number of rotatable bonds is 2. The van der Waals surface area contributed by atoms with E-state index in [1.54, 1.807) is 6.07 Å². The van der Waals surface area contributed by atoms with E-state index < -0.39 is 0 Å². The fourth-order valence-electron chi connectivity index (χ4n) is 3.29. The summed E-state index contributed by atoms with van der Waals surface area (Å²) in [5.74, 6) is -0.0861. The predicted octanol–water partition coefficient (Wildman–Crippen LogP) is 2.82. The lowest BCUT2D eigenvalue weighted by Crippen LogP contribution is -2.13. The largest absolute Gasteiger partial charge is 0.326 e. The van der Waals surface area contributed by atoms with Crippen LogP contribution in [0.3, 0.4) is 0 Å². The Bertz CT molecular complexity index is 829. The van der Waals surface area contributed by atoms with E-state index in [4.69, 9.17) is 0 Å². The van der Waals surface area contributed by atoms with E-state index in [0.29, 0.717) is 12.0 Å². The number of hydrogen-bond acceptors (Lipinski definition) is 3. The van der Waals surface area contributed by atoms with Crippen LogP contribution >= 0.6 is 0 Å². The van der Waals surface area contributed by atoms with Crippen molar-refractivity contribution < 1.29 is 9.59 Å². The maximum absolute atomic E-state index is 12.5. The minimum Gasteiger partial charge on any atom is -0.326 e. The van der Waals surface area contributed by atoms with Gasteiger partial charge in [-0.05, 0) is 59.9 Å². The Hall–Kier alpha value is -2.66. The highest BCUT2D eigenvalue weighted by Crippen LogP contribution is 2.24. The molecule has 2 amide bonds. The van der Waals surface area contributed by atoms with Crippen LogP contribution in [0.1, 0.15) is 39.9 Å². The number of benzene rings is 2. The van der Waals surface area contributed by atoms with Gasteiger partial charge in [-0.3, -0.25) is 9.59 Å². The topological polar surface area (TPSA) is 70.2 Å². The third kappa shape index (κ3) is 2.90. The van der Waals surface area contributed by atoms with Crippen molar-refractivity contribution in [3.63, 3.8) is 0 Å². The van der Waals surface area contributed by atoms with Gasteiger partial charge in [-0.15, -0.1) is 0 Å². The fourth-order valence-corrected chi connectivity index (χ4v) is 3.29. The first-order valence-electron chi connectivity index (χ1n) is 8.26. The quantitative estimate of drug-likeness (QED) is 0.796. The van der Waals surface area contributed by atoms with Gasteiger partial charge in [-0.2, -0.15) is 0 Å². The highest BCUT2D eigenvalue weighted by Gasteiger charge is 2.16. The minimum absolute atomic E-state index is 0.0395. The third-order valence-electron chi connectivity index (χ3n) is 4.59.